The highest BCUT2D eigenvalue weighted by molar-refractivity contribution is 5.96. The van der Waals surface area contributed by atoms with E-state index in [1.165, 1.54) is 37.7 Å². The molecule has 0 bridgehead atoms. The number of aromatic nitrogens is 2. The molecule has 4 rings (SSSR count). The number of fused-ring (bicyclic) bond motifs is 1. The van der Waals surface area contributed by atoms with Crippen LogP contribution in [0.3, 0.4) is 0 Å². The van der Waals surface area contributed by atoms with Gasteiger partial charge >= 0.3 is 0 Å². The SMILES string of the molecule is Nc1c(NCCN2CCCCC2)ncnc1Nc1cccc2ccccc12. The van der Waals surface area contributed by atoms with Gasteiger partial charge in [-0.1, -0.05) is 42.8 Å². The fraction of sp³-hybridized carbons (Fsp3) is 0.333. The molecule has 0 atom stereocenters. The smallest absolute Gasteiger partial charge is 0.159 e. The molecule has 27 heavy (non-hydrogen) atoms. The van der Waals surface area contributed by atoms with Crippen LogP contribution in [0, 0.1) is 0 Å². The first-order valence-corrected chi connectivity index (χ1v) is 9.63. The molecular weight excluding hydrogens is 336 g/mol. The lowest BCUT2D eigenvalue weighted by Gasteiger charge is -2.26. The molecule has 140 valence electrons. The summed E-state index contributed by atoms with van der Waals surface area (Å²) in [6.07, 6.45) is 5.50. The lowest BCUT2D eigenvalue weighted by Crippen LogP contribution is -2.33. The van der Waals surface area contributed by atoms with Gasteiger partial charge in [0.05, 0.1) is 0 Å². The third-order valence-electron chi connectivity index (χ3n) is 5.10. The molecule has 2 heterocycles. The topological polar surface area (TPSA) is 79.1 Å². The first kappa shape index (κ1) is 17.5. The molecule has 1 aliphatic rings. The maximum atomic E-state index is 6.33. The molecule has 6 nitrogen and oxygen atoms in total. The van der Waals surface area contributed by atoms with Gasteiger partial charge in [0.15, 0.2) is 11.6 Å². The average molecular weight is 362 g/mol. The van der Waals surface area contributed by atoms with Crippen molar-refractivity contribution in [1.82, 2.24) is 14.9 Å². The van der Waals surface area contributed by atoms with Crippen LogP contribution in [0.2, 0.25) is 0 Å². The summed E-state index contributed by atoms with van der Waals surface area (Å²) >= 11 is 0. The minimum Gasteiger partial charge on any atom is -0.393 e. The van der Waals surface area contributed by atoms with Gasteiger partial charge in [-0.25, -0.2) is 9.97 Å². The molecule has 0 amide bonds. The summed E-state index contributed by atoms with van der Waals surface area (Å²) in [5.41, 5.74) is 7.86. The zero-order valence-corrected chi connectivity index (χ0v) is 15.5. The normalized spacial score (nSPS) is 15.0. The number of hydrogen-bond donors (Lipinski definition) is 3. The Kier molecular flexibility index (Phi) is 5.34. The van der Waals surface area contributed by atoms with Crippen LogP contribution in [0.4, 0.5) is 23.0 Å². The molecule has 1 aliphatic heterocycles. The van der Waals surface area contributed by atoms with E-state index >= 15 is 0 Å². The highest BCUT2D eigenvalue weighted by Gasteiger charge is 2.12. The fourth-order valence-electron chi connectivity index (χ4n) is 3.61. The minimum atomic E-state index is 0.545. The Balaban J connectivity index is 1.46. The molecule has 0 aliphatic carbocycles. The van der Waals surface area contributed by atoms with Gasteiger partial charge in [-0.05, 0) is 37.4 Å². The summed E-state index contributed by atoms with van der Waals surface area (Å²) in [7, 11) is 0. The molecule has 1 fully saturated rings. The quantitative estimate of drug-likeness (QED) is 0.618. The standard InChI is InChI=1S/C21H26N6/c22-19-20(23-11-14-27-12-4-1-5-13-27)24-15-25-21(19)26-18-10-6-8-16-7-2-3-9-17(16)18/h2-3,6-10,15H,1,4-5,11-14,22H2,(H2,23,24,25,26). The summed E-state index contributed by atoms with van der Waals surface area (Å²) < 4.78 is 0. The van der Waals surface area contributed by atoms with Crippen LogP contribution in [0.15, 0.2) is 48.8 Å². The number of nitrogens with zero attached hydrogens (tertiary/aromatic N) is 3. The molecule has 0 unspecified atom stereocenters. The molecule has 0 radical (unpaired) electrons. The van der Waals surface area contributed by atoms with E-state index in [-0.39, 0.29) is 0 Å². The summed E-state index contributed by atoms with van der Waals surface area (Å²) in [5, 5.41) is 9.05. The number of rotatable bonds is 6. The maximum absolute atomic E-state index is 6.33. The van der Waals surface area contributed by atoms with Crippen molar-refractivity contribution in [3.63, 3.8) is 0 Å². The van der Waals surface area contributed by atoms with Gasteiger partial charge in [-0.15, -0.1) is 0 Å². The van der Waals surface area contributed by atoms with Crippen molar-refractivity contribution in [3.05, 3.63) is 48.8 Å². The number of nitrogen functional groups attached to an aromatic ring is 1. The second kappa shape index (κ2) is 8.22. The van der Waals surface area contributed by atoms with E-state index in [1.807, 2.05) is 24.3 Å². The zero-order valence-electron chi connectivity index (χ0n) is 15.5. The van der Waals surface area contributed by atoms with Crippen LogP contribution in [0.5, 0.6) is 0 Å². The minimum absolute atomic E-state index is 0.545. The monoisotopic (exact) mass is 362 g/mol. The third kappa shape index (κ3) is 4.11. The van der Waals surface area contributed by atoms with Gasteiger partial charge in [-0.2, -0.15) is 0 Å². The Morgan fingerprint density at radius 1 is 0.926 bits per heavy atom. The second-order valence-corrected chi connectivity index (χ2v) is 6.97. The molecular formula is C21H26N6. The first-order valence-electron chi connectivity index (χ1n) is 9.63. The van der Waals surface area contributed by atoms with Crippen LogP contribution < -0.4 is 16.4 Å². The molecule has 3 aromatic rings. The molecule has 1 saturated heterocycles. The van der Waals surface area contributed by atoms with Crippen molar-refractivity contribution in [1.29, 1.82) is 0 Å². The number of anilines is 4. The van der Waals surface area contributed by atoms with Crippen molar-refractivity contribution in [3.8, 4) is 0 Å². The molecule has 0 saturated carbocycles. The van der Waals surface area contributed by atoms with Crippen LogP contribution >= 0.6 is 0 Å². The largest absolute Gasteiger partial charge is 0.393 e. The van der Waals surface area contributed by atoms with E-state index in [2.05, 4.69) is 43.7 Å². The zero-order chi connectivity index (χ0) is 18.5. The van der Waals surface area contributed by atoms with Gasteiger partial charge < -0.3 is 21.3 Å². The number of hydrogen-bond acceptors (Lipinski definition) is 6. The summed E-state index contributed by atoms with van der Waals surface area (Å²) in [4.78, 5) is 11.2. The van der Waals surface area contributed by atoms with E-state index in [4.69, 9.17) is 5.73 Å². The summed E-state index contributed by atoms with van der Waals surface area (Å²) in [6.45, 7) is 4.22. The van der Waals surface area contributed by atoms with Crippen molar-refractivity contribution >= 4 is 33.8 Å². The van der Waals surface area contributed by atoms with Crippen LogP contribution in [0.1, 0.15) is 19.3 Å². The van der Waals surface area contributed by atoms with E-state index in [0.717, 1.165) is 24.2 Å². The van der Waals surface area contributed by atoms with Gasteiger partial charge in [0.25, 0.3) is 0 Å². The highest BCUT2D eigenvalue weighted by atomic mass is 15.2. The second-order valence-electron chi connectivity index (χ2n) is 6.97. The number of benzene rings is 2. The molecule has 2 aromatic carbocycles. The summed E-state index contributed by atoms with van der Waals surface area (Å²) in [6, 6.07) is 14.4. The van der Waals surface area contributed by atoms with Crippen LogP contribution in [-0.2, 0) is 0 Å². The Bertz CT molecular complexity index is 899. The van der Waals surface area contributed by atoms with Crippen LogP contribution in [-0.4, -0.2) is 41.0 Å². The van der Waals surface area contributed by atoms with Gasteiger partial charge in [0, 0.05) is 24.2 Å². The van der Waals surface area contributed by atoms with Gasteiger partial charge in [0.1, 0.15) is 12.0 Å². The maximum Gasteiger partial charge on any atom is 0.159 e. The average Bonchev–Trinajstić information content (AvgIpc) is 2.72. The van der Waals surface area contributed by atoms with E-state index in [0.29, 0.717) is 17.3 Å². The van der Waals surface area contributed by atoms with E-state index in [9.17, 15) is 0 Å². The Hall–Kier alpha value is -2.86. The predicted molar refractivity (Wildman–Crippen MR) is 112 cm³/mol. The molecule has 4 N–H and O–H groups in total. The van der Waals surface area contributed by atoms with E-state index < -0.39 is 0 Å². The highest BCUT2D eigenvalue weighted by Crippen LogP contribution is 2.29. The predicted octanol–water partition coefficient (Wildman–Crippen LogP) is 3.85. The van der Waals surface area contributed by atoms with Crippen LogP contribution in [0.25, 0.3) is 10.8 Å². The Morgan fingerprint density at radius 3 is 2.59 bits per heavy atom. The van der Waals surface area contributed by atoms with Crippen molar-refractivity contribution in [2.75, 3.05) is 42.5 Å². The van der Waals surface area contributed by atoms with Crippen molar-refractivity contribution < 1.29 is 0 Å². The number of piperidine rings is 1. The lowest BCUT2D eigenvalue weighted by molar-refractivity contribution is 0.237. The molecule has 0 spiro atoms. The van der Waals surface area contributed by atoms with Crippen molar-refractivity contribution in [2.45, 2.75) is 19.3 Å². The van der Waals surface area contributed by atoms with E-state index in [1.54, 1.807) is 6.33 Å². The first-order chi connectivity index (χ1) is 13.3. The van der Waals surface area contributed by atoms with Crippen molar-refractivity contribution in [2.24, 2.45) is 0 Å². The number of nitrogens with one attached hydrogen (secondary N) is 2. The Morgan fingerprint density at radius 2 is 1.70 bits per heavy atom. The summed E-state index contributed by atoms with van der Waals surface area (Å²) in [5.74, 6) is 1.31. The number of likely N-dealkylation sites (tertiary alicyclic amines) is 1. The third-order valence-corrected chi connectivity index (χ3v) is 5.10. The van der Waals surface area contributed by atoms with Gasteiger partial charge in [0.2, 0.25) is 0 Å². The lowest BCUT2D eigenvalue weighted by atomic mass is 10.1. The fourth-order valence-corrected chi connectivity index (χ4v) is 3.61. The van der Waals surface area contributed by atoms with Gasteiger partial charge in [-0.3, -0.25) is 0 Å². The molecule has 1 aromatic heterocycles. The number of nitrogens with two attached hydrogens (primary N) is 1. The Labute approximate surface area is 159 Å². The molecule has 6 heteroatoms.